The van der Waals surface area contributed by atoms with Crippen LogP contribution in [0.1, 0.15) is 12.8 Å². The first-order valence-electron chi connectivity index (χ1n) is 9.29. The number of benzene rings is 2. The summed E-state index contributed by atoms with van der Waals surface area (Å²) in [6.45, 7) is 0.714. The number of methoxy groups -OCH3 is 2. The number of nitro groups is 1. The smallest absolute Gasteiger partial charge is 0.307 e. The standard InChI is InChI=1S/C20H20BrClN4O6/c1-31-18(27)7-9-25(10-8-19(28)32-2)14-5-3-13(4-6-14)23-24-20-16(21)11-15(26(29)30)12-17(20)22/h3-6,11-12H,7-10H2,1-2H3. The fourth-order valence-corrected chi connectivity index (χ4v) is 3.51. The maximum absolute atomic E-state index is 11.5. The lowest BCUT2D eigenvalue weighted by Crippen LogP contribution is -2.29. The lowest BCUT2D eigenvalue weighted by Gasteiger charge is -2.24. The Morgan fingerprint density at radius 2 is 1.62 bits per heavy atom. The molecule has 0 bridgehead atoms. The van der Waals surface area contributed by atoms with Crippen LogP contribution in [-0.4, -0.2) is 44.2 Å². The molecule has 0 saturated heterocycles. The molecule has 0 saturated carbocycles. The zero-order valence-corrected chi connectivity index (χ0v) is 19.6. The normalized spacial score (nSPS) is 10.8. The van der Waals surface area contributed by atoms with Crippen LogP contribution in [0.2, 0.25) is 5.02 Å². The Hall–Kier alpha value is -3.05. The van der Waals surface area contributed by atoms with Gasteiger partial charge in [0.05, 0.1) is 47.2 Å². The number of carbonyl (C=O) groups excluding carboxylic acids is 2. The number of azo groups is 1. The molecule has 0 atom stereocenters. The van der Waals surface area contributed by atoms with Crippen LogP contribution in [0.15, 0.2) is 51.1 Å². The van der Waals surface area contributed by atoms with Crippen LogP contribution in [0.4, 0.5) is 22.7 Å². The maximum atomic E-state index is 11.5. The third-order valence-electron chi connectivity index (χ3n) is 4.32. The van der Waals surface area contributed by atoms with Gasteiger partial charge in [0, 0.05) is 30.9 Å². The van der Waals surface area contributed by atoms with Crippen molar-refractivity contribution in [2.75, 3.05) is 32.2 Å². The van der Waals surface area contributed by atoms with Gasteiger partial charge in [-0.05, 0) is 40.2 Å². The number of nitrogens with zero attached hydrogens (tertiary/aromatic N) is 4. The first-order chi connectivity index (χ1) is 15.2. The second-order valence-corrected chi connectivity index (χ2v) is 7.63. The number of anilines is 1. The number of nitro benzene ring substituents is 1. The van der Waals surface area contributed by atoms with Crippen LogP contribution in [0.25, 0.3) is 0 Å². The van der Waals surface area contributed by atoms with E-state index in [0.717, 1.165) is 5.69 Å². The molecule has 0 radical (unpaired) electrons. The average molecular weight is 528 g/mol. The minimum absolute atomic E-state index is 0.0863. The summed E-state index contributed by atoms with van der Waals surface area (Å²) in [7, 11) is 2.63. The molecule has 2 rings (SSSR count). The summed E-state index contributed by atoms with van der Waals surface area (Å²) in [5, 5.41) is 19.2. The van der Waals surface area contributed by atoms with Crippen molar-refractivity contribution in [2.45, 2.75) is 12.8 Å². The lowest BCUT2D eigenvalue weighted by atomic mass is 10.2. The summed E-state index contributed by atoms with van der Waals surface area (Å²) in [5.41, 5.74) is 1.38. The minimum Gasteiger partial charge on any atom is -0.469 e. The van der Waals surface area contributed by atoms with Crippen molar-refractivity contribution >= 4 is 62.2 Å². The van der Waals surface area contributed by atoms with E-state index in [1.807, 2.05) is 4.90 Å². The first-order valence-corrected chi connectivity index (χ1v) is 10.5. The third kappa shape index (κ3) is 7.27. The van der Waals surface area contributed by atoms with Crippen LogP contribution in [0, 0.1) is 10.1 Å². The van der Waals surface area contributed by atoms with Gasteiger partial charge < -0.3 is 14.4 Å². The van der Waals surface area contributed by atoms with Crippen LogP contribution in [-0.2, 0) is 19.1 Å². The molecule has 0 aromatic heterocycles. The number of hydrogen-bond acceptors (Lipinski definition) is 9. The molecule has 12 heteroatoms. The van der Waals surface area contributed by atoms with Gasteiger partial charge in [-0.3, -0.25) is 19.7 Å². The number of halogens is 2. The van der Waals surface area contributed by atoms with Crippen molar-refractivity contribution in [2.24, 2.45) is 10.2 Å². The van der Waals surface area contributed by atoms with E-state index in [0.29, 0.717) is 23.2 Å². The van der Waals surface area contributed by atoms with Gasteiger partial charge in [-0.2, -0.15) is 5.11 Å². The Morgan fingerprint density at radius 3 is 2.09 bits per heavy atom. The summed E-state index contributed by atoms with van der Waals surface area (Å²) in [5.74, 6) is -0.715. The largest absolute Gasteiger partial charge is 0.469 e. The van der Waals surface area contributed by atoms with Gasteiger partial charge in [0.2, 0.25) is 0 Å². The highest BCUT2D eigenvalue weighted by molar-refractivity contribution is 9.10. The Morgan fingerprint density at radius 1 is 1.06 bits per heavy atom. The van der Waals surface area contributed by atoms with Crippen LogP contribution < -0.4 is 4.90 Å². The summed E-state index contributed by atoms with van der Waals surface area (Å²) < 4.78 is 9.70. The molecule has 0 unspecified atom stereocenters. The Bertz CT molecular complexity index is 973. The van der Waals surface area contributed by atoms with Crippen LogP contribution >= 0.6 is 27.5 Å². The molecule has 170 valence electrons. The van der Waals surface area contributed by atoms with Gasteiger partial charge in [-0.1, -0.05) is 11.6 Å². The first kappa shape index (κ1) is 25.2. The molecule has 0 aliphatic carbocycles. The SMILES string of the molecule is COC(=O)CCN(CCC(=O)OC)c1ccc(N=Nc2c(Cl)cc([N+](=O)[O-])cc2Br)cc1. The quantitative estimate of drug-likeness (QED) is 0.176. The molecule has 2 aromatic rings. The third-order valence-corrected chi connectivity index (χ3v) is 5.21. The highest BCUT2D eigenvalue weighted by Crippen LogP contribution is 2.38. The van der Waals surface area contributed by atoms with Crippen LogP contribution in [0.5, 0.6) is 0 Å². The highest BCUT2D eigenvalue weighted by Gasteiger charge is 2.15. The van der Waals surface area contributed by atoms with E-state index in [-0.39, 0.29) is 41.2 Å². The molecule has 0 fully saturated rings. The summed E-state index contributed by atoms with van der Waals surface area (Å²) >= 11 is 9.30. The molecule has 10 nitrogen and oxygen atoms in total. The van der Waals surface area contributed by atoms with E-state index in [1.54, 1.807) is 24.3 Å². The Balaban J connectivity index is 2.17. The van der Waals surface area contributed by atoms with Gasteiger partial charge in [-0.15, -0.1) is 5.11 Å². The topological polar surface area (TPSA) is 124 Å². The van der Waals surface area contributed by atoms with E-state index in [2.05, 4.69) is 35.6 Å². The molecule has 0 aliphatic rings. The van der Waals surface area contributed by atoms with E-state index >= 15 is 0 Å². The number of carbonyl (C=O) groups is 2. The number of esters is 2. The molecule has 0 N–H and O–H groups in total. The predicted molar refractivity (Wildman–Crippen MR) is 122 cm³/mol. The van der Waals surface area contributed by atoms with Crippen LogP contribution in [0.3, 0.4) is 0 Å². The van der Waals surface area contributed by atoms with E-state index in [1.165, 1.54) is 26.4 Å². The zero-order chi connectivity index (χ0) is 23.7. The van der Waals surface area contributed by atoms with Crippen molar-refractivity contribution in [3.8, 4) is 0 Å². The van der Waals surface area contributed by atoms with E-state index < -0.39 is 4.92 Å². The fourth-order valence-electron chi connectivity index (χ4n) is 2.62. The molecular weight excluding hydrogens is 508 g/mol. The van der Waals surface area contributed by atoms with Gasteiger partial charge in [0.1, 0.15) is 5.69 Å². The number of non-ortho nitro benzene ring substituents is 1. The Labute approximate surface area is 197 Å². The van der Waals surface area contributed by atoms with Gasteiger partial charge in [0.15, 0.2) is 0 Å². The predicted octanol–water partition coefficient (Wildman–Crippen LogP) is 5.36. The molecule has 0 spiro atoms. The van der Waals surface area contributed by atoms with Crippen molar-refractivity contribution in [3.63, 3.8) is 0 Å². The van der Waals surface area contributed by atoms with E-state index in [9.17, 15) is 19.7 Å². The van der Waals surface area contributed by atoms with Crippen molar-refractivity contribution in [1.29, 1.82) is 0 Å². The van der Waals surface area contributed by atoms with Gasteiger partial charge >= 0.3 is 11.9 Å². The molecule has 32 heavy (non-hydrogen) atoms. The van der Waals surface area contributed by atoms with Crippen molar-refractivity contribution in [3.05, 3.63) is 56.0 Å². The average Bonchev–Trinajstić information content (AvgIpc) is 2.78. The van der Waals surface area contributed by atoms with Crippen molar-refractivity contribution in [1.82, 2.24) is 0 Å². The number of hydrogen-bond donors (Lipinski definition) is 0. The number of ether oxygens (including phenoxy) is 2. The second kappa shape index (κ2) is 12.1. The molecule has 2 aromatic carbocycles. The van der Waals surface area contributed by atoms with Gasteiger partial charge in [-0.25, -0.2) is 0 Å². The maximum Gasteiger partial charge on any atom is 0.307 e. The molecular formula is C20H20BrClN4O6. The molecule has 0 amide bonds. The molecule has 0 aliphatic heterocycles. The number of rotatable bonds is 10. The lowest BCUT2D eigenvalue weighted by molar-refractivity contribution is -0.384. The monoisotopic (exact) mass is 526 g/mol. The van der Waals surface area contributed by atoms with Crippen molar-refractivity contribution < 1.29 is 24.0 Å². The summed E-state index contributed by atoms with van der Waals surface area (Å²) in [6, 6.07) is 9.45. The van der Waals surface area contributed by atoms with Gasteiger partial charge in [0.25, 0.3) is 5.69 Å². The fraction of sp³-hybridized carbons (Fsp3) is 0.300. The van der Waals surface area contributed by atoms with E-state index in [4.69, 9.17) is 11.6 Å². The molecule has 0 heterocycles. The summed E-state index contributed by atoms with van der Waals surface area (Å²) in [6.07, 6.45) is 0.317. The highest BCUT2D eigenvalue weighted by atomic mass is 79.9. The summed E-state index contributed by atoms with van der Waals surface area (Å²) in [4.78, 5) is 35.2. The minimum atomic E-state index is -0.553. The second-order valence-electron chi connectivity index (χ2n) is 6.37. The zero-order valence-electron chi connectivity index (χ0n) is 17.3. The Kier molecular flexibility index (Phi) is 9.54.